The number of hydrogen-bond acceptors (Lipinski definition) is 3. The molecule has 0 atom stereocenters. The highest BCUT2D eigenvalue weighted by molar-refractivity contribution is 5.95. The van der Waals surface area contributed by atoms with E-state index in [0.717, 1.165) is 12.1 Å². The Morgan fingerprint density at radius 3 is 2.62 bits per heavy atom. The fourth-order valence-corrected chi connectivity index (χ4v) is 1.89. The highest BCUT2D eigenvalue weighted by Gasteiger charge is 2.19. The van der Waals surface area contributed by atoms with Crippen LogP contribution in [0.5, 0.6) is 0 Å². The van der Waals surface area contributed by atoms with Gasteiger partial charge in [-0.2, -0.15) is 0 Å². The summed E-state index contributed by atoms with van der Waals surface area (Å²) in [7, 11) is 0. The van der Waals surface area contributed by atoms with E-state index in [2.05, 4.69) is 5.32 Å². The molecule has 0 aliphatic rings. The average Bonchev–Trinajstić information content (AvgIpc) is 2.49. The lowest BCUT2D eigenvalue weighted by molar-refractivity contribution is 0.0942. The molecule has 0 bridgehead atoms. The lowest BCUT2D eigenvalue weighted by Crippen LogP contribution is -2.25. The van der Waals surface area contributed by atoms with E-state index in [-0.39, 0.29) is 18.8 Å². The van der Waals surface area contributed by atoms with Gasteiger partial charge in [0.1, 0.15) is 11.4 Å². The Morgan fingerprint density at radius 1 is 1.19 bits per heavy atom. The molecule has 0 fully saturated rings. The molecule has 4 N–H and O–H groups in total. The second kappa shape index (κ2) is 6.32. The van der Waals surface area contributed by atoms with Gasteiger partial charge in [-0.25, -0.2) is 8.78 Å². The number of nitrogen functional groups attached to an aromatic ring is 1. The Bertz CT molecular complexity index is 675. The van der Waals surface area contributed by atoms with E-state index in [9.17, 15) is 13.6 Å². The summed E-state index contributed by atoms with van der Waals surface area (Å²) < 4.78 is 27.2. The molecule has 0 heterocycles. The van der Waals surface area contributed by atoms with Gasteiger partial charge in [-0.3, -0.25) is 4.79 Å². The number of carbonyl (C=O) groups excluding carboxylic acids is 1. The zero-order chi connectivity index (χ0) is 15.4. The standard InChI is InChI=1S/C15H14F2N2O2/c16-11-4-5-12(18)14(17)13(11)15(21)19-7-9-2-1-3-10(6-9)8-20/h1-6,20H,7-8,18H2,(H,19,21). The van der Waals surface area contributed by atoms with Crippen LogP contribution in [0.25, 0.3) is 0 Å². The first-order valence-electron chi connectivity index (χ1n) is 6.23. The van der Waals surface area contributed by atoms with Gasteiger partial charge in [-0.15, -0.1) is 0 Å². The first-order valence-corrected chi connectivity index (χ1v) is 6.23. The predicted molar refractivity (Wildman–Crippen MR) is 74.3 cm³/mol. The molecular formula is C15H14F2N2O2. The summed E-state index contributed by atoms with van der Waals surface area (Å²) in [6.07, 6.45) is 0. The van der Waals surface area contributed by atoms with Crippen LogP contribution >= 0.6 is 0 Å². The summed E-state index contributed by atoms with van der Waals surface area (Å²) in [5, 5.41) is 11.4. The van der Waals surface area contributed by atoms with Crippen molar-refractivity contribution in [2.75, 3.05) is 5.73 Å². The molecule has 0 aliphatic heterocycles. The third-order valence-corrected chi connectivity index (χ3v) is 2.98. The topological polar surface area (TPSA) is 75.4 Å². The molecule has 0 saturated carbocycles. The van der Waals surface area contributed by atoms with Crippen molar-refractivity contribution in [3.8, 4) is 0 Å². The van der Waals surface area contributed by atoms with E-state index >= 15 is 0 Å². The molecule has 0 saturated heterocycles. The van der Waals surface area contributed by atoms with Gasteiger partial charge in [-0.05, 0) is 23.3 Å². The number of amides is 1. The molecule has 110 valence electrons. The number of benzene rings is 2. The second-order valence-electron chi connectivity index (χ2n) is 4.49. The van der Waals surface area contributed by atoms with Gasteiger partial charge in [0, 0.05) is 6.54 Å². The normalized spacial score (nSPS) is 10.4. The zero-order valence-corrected chi connectivity index (χ0v) is 11.1. The molecule has 6 heteroatoms. The van der Waals surface area contributed by atoms with Gasteiger partial charge in [0.15, 0.2) is 5.82 Å². The molecular weight excluding hydrogens is 278 g/mol. The van der Waals surface area contributed by atoms with Crippen LogP contribution in [0.1, 0.15) is 21.5 Å². The summed E-state index contributed by atoms with van der Waals surface area (Å²) in [6.45, 7) is -0.0411. The number of rotatable bonds is 4. The minimum absolute atomic E-state index is 0.0837. The summed E-state index contributed by atoms with van der Waals surface area (Å²) in [5.74, 6) is -2.92. The monoisotopic (exact) mass is 292 g/mol. The van der Waals surface area contributed by atoms with Crippen molar-refractivity contribution < 1.29 is 18.7 Å². The van der Waals surface area contributed by atoms with Gasteiger partial charge in [0.05, 0.1) is 12.3 Å². The smallest absolute Gasteiger partial charge is 0.257 e. The molecule has 0 radical (unpaired) electrons. The van der Waals surface area contributed by atoms with Crippen LogP contribution in [0.2, 0.25) is 0 Å². The van der Waals surface area contributed by atoms with Crippen molar-refractivity contribution in [3.63, 3.8) is 0 Å². The number of anilines is 1. The Balaban J connectivity index is 2.14. The molecule has 0 aliphatic carbocycles. The minimum Gasteiger partial charge on any atom is -0.396 e. The van der Waals surface area contributed by atoms with Crippen molar-refractivity contribution >= 4 is 11.6 Å². The third-order valence-electron chi connectivity index (χ3n) is 2.98. The number of hydrogen-bond donors (Lipinski definition) is 3. The van der Waals surface area contributed by atoms with Crippen molar-refractivity contribution in [2.24, 2.45) is 0 Å². The van der Waals surface area contributed by atoms with Gasteiger partial charge < -0.3 is 16.2 Å². The lowest BCUT2D eigenvalue weighted by atomic mass is 10.1. The molecule has 2 aromatic rings. The Hall–Kier alpha value is -2.47. The number of aliphatic hydroxyl groups is 1. The van der Waals surface area contributed by atoms with Crippen LogP contribution in [0.3, 0.4) is 0 Å². The minimum atomic E-state index is -1.07. The van der Waals surface area contributed by atoms with Crippen LogP contribution in [0, 0.1) is 11.6 Å². The molecule has 1 amide bonds. The van der Waals surface area contributed by atoms with Gasteiger partial charge in [0.2, 0.25) is 0 Å². The fourth-order valence-electron chi connectivity index (χ4n) is 1.89. The van der Waals surface area contributed by atoms with Crippen molar-refractivity contribution in [3.05, 3.63) is 64.7 Å². The maximum Gasteiger partial charge on any atom is 0.257 e. The Labute approximate surface area is 120 Å². The van der Waals surface area contributed by atoms with Crippen LogP contribution < -0.4 is 11.1 Å². The molecule has 0 spiro atoms. The number of nitrogens with one attached hydrogen (secondary N) is 1. The average molecular weight is 292 g/mol. The predicted octanol–water partition coefficient (Wildman–Crippen LogP) is 1.97. The maximum absolute atomic E-state index is 13.7. The summed E-state index contributed by atoms with van der Waals surface area (Å²) in [6, 6.07) is 8.86. The van der Waals surface area contributed by atoms with Gasteiger partial charge in [0.25, 0.3) is 5.91 Å². The van der Waals surface area contributed by atoms with Crippen molar-refractivity contribution in [1.82, 2.24) is 5.32 Å². The number of nitrogens with two attached hydrogens (primary N) is 1. The van der Waals surface area contributed by atoms with Crippen LogP contribution in [-0.2, 0) is 13.2 Å². The molecule has 0 unspecified atom stereocenters. The van der Waals surface area contributed by atoms with E-state index in [0.29, 0.717) is 11.1 Å². The zero-order valence-electron chi connectivity index (χ0n) is 11.1. The molecule has 2 aromatic carbocycles. The SMILES string of the molecule is Nc1ccc(F)c(C(=O)NCc2cccc(CO)c2)c1F. The van der Waals surface area contributed by atoms with Crippen LogP contribution in [-0.4, -0.2) is 11.0 Å². The molecule has 0 aromatic heterocycles. The highest BCUT2D eigenvalue weighted by Crippen LogP contribution is 2.18. The number of carbonyl (C=O) groups is 1. The first-order chi connectivity index (χ1) is 10.0. The van der Waals surface area contributed by atoms with Crippen molar-refractivity contribution in [2.45, 2.75) is 13.2 Å². The van der Waals surface area contributed by atoms with E-state index in [4.69, 9.17) is 10.8 Å². The largest absolute Gasteiger partial charge is 0.396 e. The summed E-state index contributed by atoms with van der Waals surface area (Å²) in [4.78, 5) is 11.9. The highest BCUT2D eigenvalue weighted by atomic mass is 19.1. The number of aliphatic hydroxyl groups excluding tert-OH is 1. The van der Waals surface area contributed by atoms with Gasteiger partial charge in [-0.1, -0.05) is 24.3 Å². The lowest BCUT2D eigenvalue weighted by Gasteiger charge is -2.09. The quantitative estimate of drug-likeness (QED) is 0.754. The maximum atomic E-state index is 13.7. The Morgan fingerprint density at radius 2 is 1.90 bits per heavy atom. The molecule has 21 heavy (non-hydrogen) atoms. The summed E-state index contributed by atoms with van der Waals surface area (Å²) >= 11 is 0. The van der Waals surface area contributed by atoms with Crippen molar-refractivity contribution in [1.29, 1.82) is 0 Å². The van der Waals surface area contributed by atoms with Crippen LogP contribution in [0.15, 0.2) is 36.4 Å². The van der Waals surface area contributed by atoms with E-state index < -0.39 is 23.1 Å². The second-order valence-corrected chi connectivity index (χ2v) is 4.49. The first kappa shape index (κ1) is 14.9. The third kappa shape index (κ3) is 3.35. The molecule has 4 nitrogen and oxygen atoms in total. The van der Waals surface area contributed by atoms with Gasteiger partial charge >= 0.3 is 0 Å². The molecule has 2 rings (SSSR count). The van der Waals surface area contributed by atoms with E-state index in [1.54, 1.807) is 24.3 Å². The van der Waals surface area contributed by atoms with E-state index in [1.165, 1.54) is 0 Å². The number of halogens is 2. The Kier molecular flexibility index (Phi) is 4.49. The van der Waals surface area contributed by atoms with Crippen LogP contribution in [0.4, 0.5) is 14.5 Å². The van der Waals surface area contributed by atoms with E-state index in [1.807, 2.05) is 0 Å². The fraction of sp³-hybridized carbons (Fsp3) is 0.133. The summed E-state index contributed by atoms with van der Waals surface area (Å²) in [5.41, 5.74) is 5.73.